The molecule has 0 radical (unpaired) electrons. The third kappa shape index (κ3) is 5.34. The predicted molar refractivity (Wildman–Crippen MR) is 123 cm³/mol. The summed E-state index contributed by atoms with van der Waals surface area (Å²) in [5.74, 6) is 0.427. The summed E-state index contributed by atoms with van der Waals surface area (Å²) < 4.78 is 20.8. The Kier molecular flexibility index (Phi) is 7.07. The van der Waals surface area contributed by atoms with Crippen LogP contribution in [0.3, 0.4) is 0 Å². The van der Waals surface area contributed by atoms with Crippen molar-refractivity contribution in [2.24, 2.45) is 0 Å². The molecule has 1 unspecified atom stereocenters. The maximum absolute atomic E-state index is 13.6. The third-order valence-corrected chi connectivity index (χ3v) is 5.27. The number of aromatic nitrogens is 6. The summed E-state index contributed by atoms with van der Waals surface area (Å²) in [5.41, 5.74) is 2.32. The average molecular weight is 482 g/mol. The number of halogens is 2. The summed E-state index contributed by atoms with van der Waals surface area (Å²) in [5, 5.41) is 14.9. The molecule has 0 bridgehead atoms. The van der Waals surface area contributed by atoms with Crippen LogP contribution in [0, 0.1) is 5.82 Å². The van der Waals surface area contributed by atoms with Gasteiger partial charge in [-0.25, -0.2) is 9.18 Å². The molecule has 2 aromatic heterocycles. The van der Waals surface area contributed by atoms with E-state index in [1.807, 2.05) is 6.92 Å². The van der Waals surface area contributed by atoms with E-state index in [0.717, 1.165) is 6.42 Å². The second-order valence-corrected chi connectivity index (χ2v) is 7.89. The Balaban J connectivity index is 1.68. The summed E-state index contributed by atoms with van der Waals surface area (Å²) in [4.78, 5) is 20.8. The number of carbonyl (C=O) groups excluding carboxylic acids is 1. The first kappa shape index (κ1) is 23.2. The van der Waals surface area contributed by atoms with Gasteiger partial charge in [-0.3, -0.25) is 9.97 Å². The van der Waals surface area contributed by atoms with E-state index in [9.17, 15) is 9.18 Å². The Labute approximate surface area is 200 Å². The van der Waals surface area contributed by atoms with E-state index in [1.54, 1.807) is 54.5 Å². The van der Waals surface area contributed by atoms with Crippen molar-refractivity contribution in [2.45, 2.75) is 32.7 Å². The van der Waals surface area contributed by atoms with E-state index in [4.69, 9.17) is 16.3 Å². The van der Waals surface area contributed by atoms with Crippen LogP contribution < -0.4 is 10.1 Å². The molecule has 0 fully saturated rings. The highest BCUT2D eigenvalue weighted by molar-refractivity contribution is 6.33. The van der Waals surface area contributed by atoms with Gasteiger partial charge in [-0.2, -0.15) is 4.68 Å². The number of rotatable bonds is 7. The van der Waals surface area contributed by atoms with Gasteiger partial charge in [-0.15, -0.1) is 5.10 Å². The summed E-state index contributed by atoms with van der Waals surface area (Å²) in [6.45, 7) is 3.79. The Hall–Kier alpha value is -3.92. The van der Waals surface area contributed by atoms with Gasteiger partial charge in [0.1, 0.15) is 11.6 Å². The van der Waals surface area contributed by atoms with E-state index >= 15 is 0 Å². The Bertz CT molecular complexity index is 1300. The number of tetrazole rings is 1. The monoisotopic (exact) mass is 481 g/mol. The molecule has 1 amide bonds. The summed E-state index contributed by atoms with van der Waals surface area (Å²) >= 11 is 6.30. The van der Waals surface area contributed by atoms with Gasteiger partial charge in [-0.1, -0.05) is 18.5 Å². The number of nitrogens with one attached hydrogen (secondary N) is 1. The molecule has 0 spiro atoms. The minimum absolute atomic E-state index is 0.217. The minimum atomic E-state index is -0.683. The maximum atomic E-state index is 13.6. The summed E-state index contributed by atoms with van der Waals surface area (Å²) in [6, 6.07) is 8.74. The van der Waals surface area contributed by atoms with Crippen molar-refractivity contribution < 1.29 is 13.9 Å². The molecule has 0 saturated carbocycles. The van der Waals surface area contributed by atoms with E-state index < -0.39 is 18.0 Å². The van der Waals surface area contributed by atoms with E-state index in [1.165, 1.54) is 12.1 Å². The Morgan fingerprint density at radius 1 is 1.24 bits per heavy atom. The molecular weight excluding hydrogens is 461 g/mol. The van der Waals surface area contributed by atoms with Crippen LogP contribution in [-0.2, 0) is 6.42 Å². The van der Waals surface area contributed by atoms with E-state index in [0.29, 0.717) is 34.8 Å². The largest absolute Gasteiger partial charge is 0.413 e. The van der Waals surface area contributed by atoms with Gasteiger partial charge in [0.05, 0.1) is 28.6 Å². The number of nitrogens with zero attached hydrogens (tertiary/aromatic N) is 6. The first-order valence-corrected chi connectivity index (χ1v) is 10.9. The molecular formula is C23H21ClFN7O2. The lowest BCUT2D eigenvalue weighted by Crippen LogP contribution is -2.30. The zero-order chi connectivity index (χ0) is 24.1. The zero-order valence-electron chi connectivity index (χ0n) is 18.4. The predicted octanol–water partition coefficient (Wildman–Crippen LogP) is 4.71. The molecule has 174 valence electrons. The quantitative estimate of drug-likeness (QED) is 0.407. The topological polar surface area (TPSA) is 108 Å². The third-order valence-electron chi connectivity index (χ3n) is 4.96. The average Bonchev–Trinajstić information content (AvgIpc) is 3.28. The molecule has 9 nitrogen and oxygen atoms in total. The van der Waals surface area contributed by atoms with Gasteiger partial charge in [-0.05, 0) is 59.7 Å². The second kappa shape index (κ2) is 10.3. The van der Waals surface area contributed by atoms with Gasteiger partial charge in [0.15, 0.2) is 5.82 Å². The van der Waals surface area contributed by atoms with Gasteiger partial charge >= 0.3 is 6.09 Å². The van der Waals surface area contributed by atoms with Crippen LogP contribution >= 0.6 is 11.6 Å². The number of benzene rings is 2. The fourth-order valence-corrected chi connectivity index (χ4v) is 3.63. The standard InChI is InChI=1S/C23H21ClFN7O2/c1-3-4-22-29-30-31-32(22)17-9-15(19-6-5-16(25)11-20(19)24)10-18(12-17)34-23(33)28-14(2)21-13-26-7-8-27-21/h5-14H,3-4H2,1-2H3,(H,28,33). The van der Waals surface area contributed by atoms with Crippen molar-refractivity contribution in [1.82, 2.24) is 35.5 Å². The number of aryl methyl sites for hydroxylation is 1. The van der Waals surface area contributed by atoms with E-state index in [2.05, 4.69) is 30.8 Å². The smallest absolute Gasteiger partial charge is 0.410 e. The lowest BCUT2D eigenvalue weighted by atomic mass is 10.0. The van der Waals surface area contributed by atoms with Crippen molar-refractivity contribution >= 4 is 17.7 Å². The molecule has 34 heavy (non-hydrogen) atoms. The molecule has 1 N–H and O–H groups in total. The van der Waals surface area contributed by atoms with Gasteiger partial charge in [0.25, 0.3) is 0 Å². The van der Waals surface area contributed by atoms with Crippen LogP contribution in [0.25, 0.3) is 16.8 Å². The lowest BCUT2D eigenvalue weighted by molar-refractivity contribution is 0.196. The first-order valence-electron chi connectivity index (χ1n) is 10.6. The fraction of sp³-hybridized carbons (Fsp3) is 0.217. The van der Waals surface area contributed by atoms with Crippen LogP contribution in [0.1, 0.15) is 37.8 Å². The van der Waals surface area contributed by atoms with Gasteiger partial charge < -0.3 is 10.1 Å². The number of hydrogen-bond acceptors (Lipinski definition) is 7. The molecule has 4 rings (SSSR count). The molecule has 0 saturated heterocycles. The minimum Gasteiger partial charge on any atom is -0.410 e. The van der Waals surface area contributed by atoms with Crippen molar-refractivity contribution in [1.29, 1.82) is 0 Å². The highest BCUT2D eigenvalue weighted by Gasteiger charge is 2.17. The Morgan fingerprint density at radius 3 is 2.82 bits per heavy atom. The van der Waals surface area contributed by atoms with E-state index in [-0.39, 0.29) is 10.8 Å². The summed E-state index contributed by atoms with van der Waals surface area (Å²) in [7, 11) is 0. The van der Waals surface area contributed by atoms with Crippen LogP contribution in [-0.4, -0.2) is 36.3 Å². The van der Waals surface area contributed by atoms with Crippen molar-refractivity contribution in [3.05, 3.63) is 77.3 Å². The van der Waals surface area contributed by atoms with Crippen LogP contribution in [0.5, 0.6) is 5.75 Å². The molecule has 0 aliphatic heterocycles. The normalized spacial score (nSPS) is 11.8. The molecule has 2 heterocycles. The van der Waals surface area contributed by atoms with Crippen LogP contribution in [0.4, 0.5) is 9.18 Å². The molecule has 4 aromatic rings. The number of amides is 1. The van der Waals surface area contributed by atoms with Crippen molar-refractivity contribution in [2.75, 3.05) is 0 Å². The van der Waals surface area contributed by atoms with Crippen molar-refractivity contribution in [3.8, 4) is 22.6 Å². The highest BCUT2D eigenvalue weighted by Crippen LogP contribution is 2.33. The molecule has 0 aliphatic carbocycles. The maximum Gasteiger partial charge on any atom is 0.413 e. The van der Waals surface area contributed by atoms with Crippen LogP contribution in [0.15, 0.2) is 55.0 Å². The first-order chi connectivity index (χ1) is 16.4. The second-order valence-electron chi connectivity index (χ2n) is 7.48. The molecule has 0 aliphatic rings. The Morgan fingerprint density at radius 2 is 2.09 bits per heavy atom. The van der Waals surface area contributed by atoms with Gasteiger partial charge in [0, 0.05) is 30.4 Å². The fourth-order valence-electron chi connectivity index (χ4n) is 3.35. The molecule has 2 aromatic carbocycles. The number of ether oxygens (including phenoxy) is 1. The SMILES string of the molecule is CCCc1nnnn1-c1cc(OC(=O)NC(C)c2cnccn2)cc(-c2ccc(F)cc2Cl)c1. The number of carbonyl (C=O) groups is 1. The highest BCUT2D eigenvalue weighted by atomic mass is 35.5. The number of hydrogen-bond donors (Lipinski definition) is 1. The zero-order valence-corrected chi connectivity index (χ0v) is 19.2. The molecule has 1 atom stereocenters. The lowest BCUT2D eigenvalue weighted by Gasteiger charge is -2.15. The van der Waals surface area contributed by atoms with Gasteiger partial charge in [0.2, 0.25) is 0 Å². The van der Waals surface area contributed by atoms with Crippen molar-refractivity contribution in [3.63, 3.8) is 0 Å². The summed E-state index contributed by atoms with van der Waals surface area (Å²) in [6.07, 6.45) is 5.47. The molecule has 11 heteroatoms. The van der Waals surface area contributed by atoms with Crippen LogP contribution in [0.2, 0.25) is 5.02 Å².